The lowest BCUT2D eigenvalue weighted by Crippen LogP contribution is -2.07. The maximum Gasteiger partial charge on any atom is 0.130 e. The van der Waals surface area contributed by atoms with Crippen LogP contribution in [0.25, 0.3) is 21.3 Å². The molecule has 0 saturated heterocycles. The first-order chi connectivity index (χ1) is 13.7. The zero-order valence-corrected chi connectivity index (χ0v) is 17.1. The number of aromatic nitrogens is 2. The van der Waals surface area contributed by atoms with Gasteiger partial charge in [-0.15, -0.1) is 11.3 Å². The van der Waals surface area contributed by atoms with Crippen LogP contribution < -0.4 is 10.1 Å². The summed E-state index contributed by atoms with van der Waals surface area (Å²) in [4.78, 5) is 9.80. The molecule has 0 aliphatic heterocycles. The second kappa shape index (κ2) is 8.59. The largest absolute Gasteiger partial charge is 0.493 e. The molecule has 0 aliphatic carbocycles. The van der Waals surface area contributed by atoms with Crippen molar-refractivity contribution in [2.45, 2.75) is 13.3 Å². The number of nitrogens with one attached hydrogen (secondary N) is 1. The third kappa shape index (κ3) is 4.11. The highest BCUT2D eigenvalue weighted by Crippen LogP contribution is 2.31. The SMILES string of the molecule is CCOc1csc(-c2cc(NCCc3ccc(Cl)c4ccccc34)ncn2)c1. The zero-order chi connectivity index (χ0) is 19.3. The van der Waals surface area contributed by atoms with E-state index in [1.54, 1.807) is 17.7 Å². The molecule has 4 rings (SSSR count). The third-order valence-corrected chi connectivity index (χ3v) is 5.73. The lowest BCUT2D eigenvalue weighted by Gasteiger charge is -2.10. The van der Waals surface area contributed by atoms with E-state index in [0.717, 1.165) is 45.5 Å². The van der Waals surface area contributed by atoms with Crippen molar-refractivity contribution in [2.75, 3.05) is 18.5 Å². The number of ether oxygens (including phenoxy) is 1. The molecule has 0 bridgehead atoms. The Kier molecular flexibility index (Phi) is 5.74. The van der Waals surface area contributed by atoms with Gasteiger partial charge in [0.05, 0.1) is 17.2 Å². The Hall–Kier alpha value is -2.63. The van der Waals surface area contributed by atoms with Crippen molar-refractivity contribution in [1.82, 2.24) is 9.97 Å². The summed E-state index contributed by atoms with van der Waals surface area (Å²) in [7, 11) is 0. The van der Waals surface area contributed by atoms with E-state index < -0.39 is 0 Å². The summed E-state index contributed by atoms with van der Waals surface area (Å²) in [5.74, 6) is 1.69. The number of fused-ring (bicyclic) bond motifs is 1. The second-order valence-corrected chi connectivity index (χ2v) is 7.62. The minimum absolute atomic E-state index is 0.659. The van der Waals surface area contributed by atoms with Gasteiger partial charge >= 0.3 is 0 Å². The van der Waals surface area contributed by atoms with E-state index in [1.165, 1.54) is 10.9 Å². The molecule has 6 heteroatoms. The number of anilines is 1. The van der Waals surface area contributed by atoms with E-state index in [0.29, 0.717) is 6.61 Å². The summed E-state index contributed by atoms with van der Waals surface area (Å²) >= 11 is 7.93. The molecule has 2 aromatic carbocycles. The molecule has 4 aromatic rings. The molecule has 1 N–H and O–H groups in total. The summed E-state index contributed by atoms with van der Waals surface area (Å²) in [6.45, 7) is 3.41. The number of halogens is 1. The number of nitrogens with zero attached hydrogens (tertiary/aromatic N) is 2. The van der Waals surface area contributed by atoms with Crippen LogP contribution in [0.4, 0.5) is 5.82 Å². The maximum atomic E-state index is 6.32. The van der Waals surface area contributed by atoms with Crippen LogP contribution in [0.3, 0.4) is 0 Å². The van der Waals surface area contributed by atoms with E-state index in [-0.39, 0.29) is 0 Å². The Balaban J connectivity index is 1.45. The Morgan fingerprint density at radius 2 is 1.93 bits per heavy atom. The molecular weight excluding hydrogens is 390 g/mol. The van der Waals surface area contributed by atoms with Crippen LogP contribution in [0.2, 0.25) is 5.02 Å². The van der Waals surface area contributed by atoms with Gasteiger partial charge in [0.1, 0.15) is 17.9 Å². The van der Waals surface area contributed by atoms with E-state index >= 15 is 0 Å². The lowest BCUT2D eigenvalue weighted by molar-refractivity contribution is 0.342. The van der Waals surface area contributed by atoms with E-state index in [4.69, 9.17) is 16.3 Å². The number of hydrogen-bond acceptors (Lipinski definition) is 5. The standard InChI is InChI=1S/C22H20ClN3OS/c1-2-27-16-11-21(28-13-16)20-12-22(26-14-25-20)24-10-9-15-7-8-19(23)18-6-4-3-5-17(15)18/h3-8,11-14H,2,9-10H2,1H3,(H,24,25,26). The molecule has 0 aliphatic rings. The fourth-order valence-corrected chi connectivity index (χ4v) is 4.18. The monoisotopic (exact) mass is 409 g/mol. The molecular formula is C22H20ClN3OS. The average molecular weight is 410 g/mol. The van der Waals surface area contributed by atoms with Gasteiger partial charge in [0.15, 0.2) is 0 Å². The fraction of sp³-hybridized carbons (Fsp3) is 0.182. The van der Waals surface area contributed by atoms with E-state index in [2.05, 4.69) is 33.5 Å². The minimum atomic E-state index is 0.659. The first-order valence-corrected chi connectivity index (χ1v) is 10.4. The normalized spacial score (nSPS) is 10.9. The van der Waals surface area contributed by atoms with Crippen LogP contribution in [0.5, 0.6) is 5.75 Å². The predicted molar refractivity (Wildman–Crippen MR) is 118 cm³/mol. The average Bonchev–Trinajstić information content (AvgIpc) is 3.19. The van der Waals surface area contributed by atoms with Crippen LogP contribution in [-0.4, -0.2) is 23.1 Å². The second-order valence-electron chi connectivity index (χ2n) is 6.30. The van der Waals surface area contributed by atoms with Crippen LogP contribution in [0.1, 0.15) is 12.5 Å². The molecule has 4 nitrogen and oxygen atoms in total. The van der Waals surface area contributed by atoms with E-state index in [9.17, 15) is 0 Å². The lowest BCUT2D eigenvalue weighted by atomic mass is 10.0. The molecule has 0 atom stereocenters. The summed E-state index contributed by atoms with van der Waals surface area (Å²) < 4.78 is 5.54. The zero-order valence-electron chi connectivity index (χ0n) is 15.5. The molecule has 0 unspecified atom stereocenters. The highest BCUT2D eigenvalue weighted by Gasteiger charge is 2.07. The summed E-state index contributed by atoms with van der Waals surface area (Å²) in [6, 6.07) is 16.3. The smallest absolute Gasteiger partial charge is 0.130 e. The summed E-state index contributed by atoms with van der Waals surface area (Å²) in [6.07, 6.45) is 2.47. The minimum Gasteiger partial charge on any atom is -0.493 e. The predicted octanol–water partition coefficient (Wildman–Crippen LogP) is 6.07. The highest BCUT2D eigenvalue weighted by atomic mass is 35.5. The molecule has 0 fully saturated rings. The van der Waals surface area contributed by atoms with Gasteiger partial charge in [0.25, 0.3) is 0 Å². The van der Waals surface area contributed by atoms with Crippen molar-refractivity contribution >= 4 is 39.5 Å². The van der Waals surface area contributed by atoms with Gasteiger partial charge in [-0.05, 0) is 30.4 Å². The summed E-state index contributed by atoms with van der Waals surface area (Å²) in [5.41, 5.74) is 2.16. The molecule has 2 aromatic heterocycles. The highest BCUT2D eigenvalue weighted by molar-refractivity contribution is 7.13. The van der Waals surface area contributed by atoms with Crippen LogP contribution in [0.15, 0.2) is 60.2 Å². The quantitative estimate of drug-likeness (QED) is 0.402. The van der Waals surface area contributed by atoms with Crippen LogP contribution in [-0.2, 0) is 6.42 Å². The number of rotatable bonds is 7. The summed E-state index contributed by atoms with van der Waals surface area (Å²) in [5, 5.41) is 8.48. The molecule has 0 radical (unpaired) electrons. The Bertz CT molecular complexity index is 1100. The molecule has 2 heterocycles. The molecule has 28 heavy (non-hydrogen) atoms. The van der Waals surface area contributed by atoms with Crippen molar-refractivity contribution in [3.05, 3.63) is 70.8 Å². The van der Waals surface area contributed by atoms with Crippen LogP contribution in [0, 0.1) is 0 Å². The molecule has 0 saturated carbocycles. The van der Waals surface area contributed by atoms with Crippen molar-refractivity contribution < 1.29 is 4.74 Å². The van der Waals surface area contributed by atoms with E-state index in [1.807, 2.05) is 42.6 Å². The molecule has 142 valence electrons. The fourth-order valence-electron chi connectivity index (χ4n) is 3.15. The Morgan fingerprint density at radius 1 is 1.07 bits per heavy atom. The van der Waals surface area contributed by atoms with Gasteiger partial charge in [-0.1, -0.05) is 41.9 Å². The number of benzene rings is 2. The van der Waals surface area contributed by atoms with Gasteiger partial charge in [-0.3, -0.25) is 0 Å². The Morgan fingerprint density at radius 3 is 2.79 bits per heavy atom. The first kappa shape index (κ1) is 18.7. The van der Waals surface area contributed by atoms with Gasteiger partial charge in [0.2, 0.25) is 0 Å². The van der Waals surface area contributed by atoms with Gasteiger partial charge in [-0.25, -0.2) is 9.97 Å². The van der Waals surface area contributed by atoms with Gasteiger partial charge in [0, 0.05) is 34.5 Å². The molecule has 0 amide bonds. The maximum absolute atomic E-state index is 6.32. The van der Waals surface area contributed by atoms with Gasteiger partial charge < -0.3 is 10.1 Å². The van der Waals surface area contributed by atoms with Crippen molar-refractivity contribution in [3.8, 4) is 16.3 Å². The van der Waals surface area contributed by atoms with Crippen LogP contribution >= 0.6 is 22.9 Å². The number of hydrogen-bond donors (Lipinski definition) is 1. The van der Waals surface area contributed by atoms with Crippen molar-refractivity contribution in [2.24, 2.45) is 0 Å². The number of thiophene rings is 1. The molecule has 0 spiro atoms. The van der Waals surface area contributed by atoms with Crippen molar-refractivity contribution in [3.63, 3.8) is 0 Å². The topological polar surface area (TPSA) is 47.0 Å². The third-order valence-electron chi connectivity index (χ3n) is 4.47. The van der Waals surface area contributed by atoms with Gasteiger partial charge in [-0.2, -0.15) is 0 Å². The Labute approximate surface area is 173 Å². The first-order valence-electron chi connectivity index (χ1n) is 9.18. The van der Waals surface area contributed by atoms with Crippen molar-refractivity contribution in [1.29, 1.82) is 0 Å².